The minimum absolute atomic E-state index is 0.195. The first-order chi connectivity index (χ1) is 12.2. The molecule has 0 saturated heterocycles. The Labute approximate surface area is 150 Å². The summed E-state index contributed by atoms with van der Waals surface area (Å²) in [6.45, 7) is 2.22. The zero-order valence-electron chi connectivity index (χ0n) is 14.9. The Morgan fingerprint density at radius 2 is 2.15 bits per heavy atom. The fourth-order valence-electron chi connectivity index (χ4n) is 1.82. The van der Waals surface area contributed by atoms with E-state index in [-0.39, 0.29) is 19.1 Å². The van der Waals surface area contributed by atoms with Crippen molar-refractivity contribution in [2.24, 2.45) is 0 Å². The first-order valence-corrected chi connectivity index (χ1v) is 10.4. The third kappa shape index (κ3) is 7.92. The molecule has 1 aromatic rings. The van der Waals surface area contributed by atoms with Gasteiger partial charge in [0.05, 0.1) is 13.2 Å². The van der Waals surface area contributed by atoms with Crippen molar-refractivity contribution in [2.45, 2.75) is 12.3 Å². The molecule has 0 unspecified atom stereocenters. The van der Waals surface area contributed by atoms with Crippen molar-refractivity contribution in [3.63, 3.8) is 0 Å². The highest BCUT2D eigenvalue weighted by atomic mass is 31.2. The molecule has 0 aliphatic rings. The summed E-state index contributed by atoms with van der Waals surface area (Å²) < 4.78 is 23.7. The molecule has 3 N–H and O–H groups in total. The fourth-order valence-corrected chi connectivity index (χ4v) is 2.42. The molecule has 11 heteroatoms. The van der Waals surface area contributed by atoms with Crippen molar-refractivity contribution in [2.75, 3.05) is 40.2 Å². The molecule has 0 radical (unpaired) electrons. The van der Waals surface area contributed by atoms with Crippen LogP contribution in [0.3, 0.4) is 0 Å². The Balaban J connectivity index is 3.00. The average molecular weight is 389 g/mol. The summed E-state index contributed by atoms with van der Waals surface area (Å²) in [5.41, 5.74) is -1.31. The second-order valence-corrected chi connectivity index (χ2v) is 8.96. The van der Waals surface area contributed by atoms with E-state index in [1.807, 2.05) is 0 Å². The van der Waals surface area contributed by atoms with Crippen molar-refractivity contribution in [3.8, 4) is 0 Å². The summed E-state index contributed by atoms with van der Waals surface area (Å²) in [6.07, 6.45) is 0.760. The molecule has 1 amide bonds. The summed E-state index contributed by atoms with van der Waals surface area (Å²) >= 11 is 0. The van der Waals surface area contributed by atoms with E-state index in [1.54, 1.807) is 13.3 Å². The zero-order chi connectivity index (χ0) is 19.7. The van der Waals surface area contributed by atoms with Gasteiger partial charge in [-0.15, -0.1) is 0 Å². The van der Waals surface area contributed by atoms with Crippen LogP contribution in [-0.4, -0.2) is 66.9 Å². The molecule has 1 rings (SSSR count). The fraction of sp³-hybridized carbons (Fsp3) is 0.533. The quantitative estimate of drug-likeness (QED) is 0.450. The molecule has 0 aliphatic heterocycles. The number of nitrogens with one attached hydrogen (secondary N) is 2. The number of ether oxygens (including phenoxy) is 2. The number of aliphatic hydroxyl groups excluding tert-OH is 1. The number of H-pyrrole nitrogens is 1. The van der Waals surface area contributed by atoms with Gasteiger partial charge < -0.3 is 24.5 Å². The molecule has 1 aromatic heterocycles. The maximum absolute atomic E-state index is 12.0. The van der Waals surface area contributed by atoms with Crippen molar-refractivity contribution in [3.05, 3.63) is 45.0 Å². The molecule has 26 heavy (non-hydrogen) atoms. The number of hydrogen-bond donors (Lipinski definition) is 3. The number of aromatic amines is 1. The number of carbonyl (C=O) groups excluding carboxylic acids is 1. The molecule has 0 spiro atoms. The lowest BCUT2D eigenvalue weighted by Crippen LogP contribution is -2.37. The summed E-state index contributed by atoms with van der Waals surface area (Å²) in [7, 11) is -1.02. The maximum Gasteiger partial charge on any atom is 0.330 e. The first-order valence-electron chi connectivity index (χ1n) is 7.76. The van der Waals surface area contributed by atoms with Gasteiger partial charge in [0.25, 0.3) is 5.56 Å². The Kier molecular flexibility index (Phi) is 8.67. The first kappa shape index (κ1) is 22.0. The Hall–Kier alpha value is -2.00. The van der Waals surface area contributed by atoms with Crippen LogP contribution in [0.5, 0.6) is 0 Å². The van der Waals surface area contributed by atoms with Crippen molar-refractivity contribution < 1.29 is 23.9 Å². The number of nitrogens with zero attached hydrogens (tertiary/aromatic N) is 1. The topological polar surface area (TPSA) is 140 Å². The van der Waals surface area contributed by atoms with Crippen LogP contribution in [0, 0.1) is 0 Å². The van der Waals surface area contributed by atoms with Crippen molar-refractivity contribution in [1.82, 2.24) is 14.9 Å². The van der Waals surface area contributed by atoms with Gasteiger partial charge in [-0.1, -0.05) is 6.08 Å². The highest BCUT2D eigenvalue weighted by Crippen LogP contribution is 2.37. The summed E-state index contributed by atoms with van der Waals surface area (Å²) in [6, 6.07) is 1.13. The van der Waals surface area contributed by atoms with Gasteiger partial charge in [0.15, 0.2) is 6.23 Å². The normalized spacial score (nSPS) is 14.3. The largest absolute Gasteiger partial charge is 0.393 e. The number of rotatable bonds is 10. The lowest BCUT2D eigenvalue weighted by molar-refractivity contribution is -0.131. The third-order valence-corrected chi connectivity index (χ3v) is 4.00. The van der Waals surface area contributed by atoms with Crippen LogP contribution in [0.25, 0.3) is 0 Å². The molecule has 0 bridgehead atoms. The van der Waals surface area contributed by atoms with E-state index in [2.05, 4.69) is 10.3 Å². The Morgan fingerprint density at radius 1 is 1.46 bits per heavy atom. The van der Waals surface area contributed by atoms with Gasteiger partial charge in [-0.05, 0) is 19.1 Å². The maximum atomic E-state index is 12.0. The smallest absolute Gasteiger partial charge is 0.330 e. The van der Waals surface area contributed by atoms with Gasteiger partial charge in [-0.2, -0.15) is 0 Å². The Morgan fingerprint density at radius 3 is 2.69 bits per heavy atom. The van der Waals surface area contributed by atoms with Crippen LogP contribution in [0.1, 0.15) is 6.23 Å². The lowest BCUT2D eigenvalue weighted by atomic mass is 10.3. The van der Waals surface area contributed by atoms with Crippen molar-refractivity contribution >= 4 is 13.0 Å². The zero-order valence-corrected chi connectivity index (χ0v) is 15.8. The average Bonchev–Trinajstić information content (AvgIpc) is 2.56. The van der Waals surface area contributed by atoms with E-state index in [9.17, 15) is 24.1 Å². The predicted molar refractivity (Wildman–Crippen MR) is 95.8 cm³/mol. The van der Waals surface area contributed by atoms with E-state index in [4.69, 9.17) is 9.47 Å². The van der Waals surface area contributed by atoms with Crippen LogP contribution in [0.4, 0.5) is 0 Å². The van der Waals surface area contributed by atoms with Crippen LogP contribution in [0.2, 0.25) is 0 Å². The number of amides is 1. The second-order valence-electron chi connectivity index (χ2n) is 5.79. The summed E-state index contributed by atoms with van der Waals surface area (Å²) in [5, 5.41) is 11.9. The highest BCUT2D eigenvalue weighted by Gasteiger charge is 2.19. The van der Waals surface area contributed by atoms with E-state index in [1.165, 1.54) is 25.1 Å². The minimum Gasteiger partial charge on any atom is -0.393 e. The van der Waals surface area contributed by atoms with E-state index < -0.39 is 37.3 Å². The standard InChI is InChI=1S/C15H24N3O7P/c1-16-13(21)9-24-10-14(18-6-4-12(20)17-15(18)22)25-11(8-19)5-7-26(2,3)23/h4-7,11,14,19H,8-10H2,1-3H3,(H,16,21)(H,17,20,22)/b7-5+/t11-,14-/m1/s1. The van der Waals surface area contributed by atoms with Crippen LogP contribution >= 0.6 is 7.14 Å². The molecule has 2 atom stereocenters. The number of likely N-dealkylation sites (N-methyl/N-ethyl adjacent to an activating group) is 1. The van der Waals surface area contributed by atoms with Crippen LogP contribution in [0.15, 0.2) is 33.7 Å². The van der Waals surface area contributed by atoms with Gasteiger partial charge in [0, 0.05) is 19.3 Å². The van der Waals surface area contributed by atoms with Gasteiger partial charge in [0.2, 0.25) is 5.91 Å². The Bertz CT molecular complexity index is 780. The SMILES string of the molecule is CNC(=O)COC[C@@H](O[C@H](/C=C/P(C)(C)=O)CO)n1ccc(=O)[nH]c1=O. The number of aliphatic hydroxyl groups is 1. The molecular formula is C15H24N3O7P. The molecule has 0 aliphatic carbocycles. The molecular weight excluding hydrogens is 365 g/mol. The summed E-state index contributed by atoms with van der Waals surface area (Å²) in [4.78, 5) is 36.6. The molecule has 1 heterocycles. The molecule has 146 valence electrons. The minimum atomic E-state index is -2.47. The van der Waals surface area contributed by atoms with E-state index in [0.717, 1.165) is 10.6 Å². The molecule has 0 aromatic carbocycles. The number of carbonyl (C=O) groups is 1. The predicted octanol–water partition coefficient (Wildman–Crippen LogP) is -0.688. The van der Waals surface area contributed by atoms with Gasteiger partial charge in [-0.3, -0.25) is 19.1 Å². The third-order valence-electron chi connectivity index (χ3n) is 3.11. The van der Waals surface area contributed by atoms with Crippen LogP contribution < -0.4 is 16.6 Å². The number of aromatic nitrogens is 2. The van der Waals surface area contributed by atoms with Crippen molar-refractivity contribution in [1.29, 1.82) is 0 Å². The monoisotopic (exact) mass is 389 g/mol. The summed E-state index contributed by atoms with van der Waals surface area (Å²) in [5.74, 6) is 1.07. The van der Waals surface area contributed by atoms with E-state index >= 15 is 0 Å². The van der Waals surface area contributed by atoms with Gasteiger partial charge in [0.1, 0.15) is 19.9 Å². The van der Waals surface area contributed by atoms with Gasteiger partial charge in [-0.25, -0.2) is 4.79 Å². The number of hydrogen-bond acceptors (Lipinski definition) is 7. The van der Waals surface area contributed by atoms with Gasteiger partial charge >= 0.3 is 5.69 Å². The second kappa shape index (κ2) is 10.2. The highest BCUT2D eigenvalue weighted by molar-refractivity contribution is 7.65. The molecule has 0 saturated carbocycles. The molecule has 10 nitrogen and oxygen atoms in total. The lowest BCUT2D eigenvalue weighted by Gasteiger charge is -2.23. The molecule has 0 fully saturated rings. The van der Waals surface area contributed by atoms with E-state index in [0.29, 0.717) is 0 Å². The van der Waals surface area contributed by atoms with Crippen LogP contribution in [-0.2, 0) is 18.8 Å².